The van der Waals surface area contributed by atoms with E-state index in [9.17, 15) is 14.9 Å². The van der Waals surface area contributed by atoms with Crippen LogP contribution in [0, 0.1) is 29.9 Å². The van der Waals surface area contributed by atoms with Crippen molar-refractivity contribution in [3.8, 4) is 0 Å². The van der Waals surface area contributed by atoms with Gasteiger partial charge in [0.05, 0.1) is 16.1 Å². The number of carbonyl (C=O) groups excluding carboxylic acids is 1. The molecule has 0 aromatic heterocycles. The molecule has 1 aromatic rings. The van der Waals surface area contributed by atoms with Crippen LogP contribution >= 0.6 is 0 Å². The number of anilines is 1. The Balaban J connectivity index is 2.27. The lowest BCUT2D eigenvalue weighted by molar-refractivity contribution is -0.385. The van der Waals surface area contributed by atoms with E-state index in [0.717, 1.165) is 18.4 Å². The molecule has 0 spiro atoms. The lowest BCUT2D eigenvalue weighted by Gasteiger charge is -2.23. The Morgan fingerprint density at radius 1 is 1.40 bits per heavy atom. The van der Waals surface area contributed by atoms with Crippen molar-refractivity contribution in [3.05, 3.63) is 33.4 Å². The first kappa shape index (κ1) is 14.5. The number of aryl methyl sites for hydroxylation is 2. The highest BCUT2D eigenvalue weighted by Gasteiger charge is 2.44. The van der Waals surface area contributed by atoms with Gasteiger partial charge in [0.1, 0.15) is 0 Å². The standard InChI is InChI=1S/C14H19N3O3/c1-8-6-9(2)12(17(19)20)7-11(8)16-13(18)14(3,15)10-4-5-10/h6-7,10H,4-5,15H2,1-3H3,(H,16,18). The molecule has 0 saturated heterocycles. The van der Waals surface area contributed by atoms with Gasteiger partial charge in [0.15, 0.2) is 0 Å². The number of carbonyl (C=O) groups is 1. The molecule has 1 aromatic carbocycles. The summed E-state index contributed by atoms with van der Waals surface area (Å²) in [5, 5.41) is 13.7. The molecule has 0 aliphatic heterocycles. The van der Waals surface area contributed by atoms with E-state index in [1.165, 1.54) is 6.07 Å². The van der Waals surface area contributed by atoms with Gasteiger partial charge in [0, 0.05) is 11.6 Å². The number of nitro benzene ring substituents is 1. The third-order valence-corrected chi connectivity index (χ3v) is 3.90. The summed E-state index contributed by atoms with van der Waals surface area (Å²) in [7, 11) is 0. The Hall–Kier alpha value is -1.95. The predicted molar refractivity (Wildman–Crippen MR) is 76.5 cm³/mol. The monoisotopic (exact) mass is 277 g/mol. The highest BCUT2D eigenvalue weighted by Crippen LogP contribution is 2.39. The van der Waals surface area contributed by atoms with Gasteiger partial charge < -0.3 is 11.1 Å². The zero-order valence-electron chi connectivity index (χ0n) is 11.9. The van der Waals surface area contributed by atoms with Crippen LogP contribution in [0.1, 0.15) is 30.9 Å². The molecule has 1 amide bonds. The maximum atomic E-state index is 12.2. The highest BCUT2D eigenvalue weighted by atomic mass is 16.6. The van der Waals surface area contributed by atoms with Crippen LogP contribution in [0.25, 0.3) is 0 Å². The maximum absolute atomic E-state index is 12.2. The van der Waals surface area contributed by atoms with Crippen molar-refractivity contribution in [1.82, 2.24) is 0 Å². The van der Waals surface area contributed by atoms with Crippen LogP contribution in [0.2, 0.25) is 0 Å². The Morgan fingerprint density at radius 2 is 2.00 bits per heavy atom. The molecule has 2 rings (SSSR count). The van der Waals surface area contributed by atoms with E-state index in [2.05, 4.69) is 5.32 Å². The summed E-state index contributed by atoms with van der Waals surface area (Å²) < 4.78 is 0. The fourth-order valence-corrected chi connectivity index (χ4v) is 2.30. The van der Waals surface area contributed by atoms with Gasteiger partial charge in [-0.3, -0.25) is 14.9 Å². The minimum atomic E-state index is -0.924. The zero-order valence-corrected chi connectivity index (χ0v) is 11.9. The number of nitrogens with one attached hydrogen (secondary N) is 1. The summed E-state index contributed by atoms with van der Waals surface area (Å²) in [5.41, 5.74) is 6.92. The van der Waals surface area contributed by atoms with E-state index in [4.69, 9.17) is 5.73 Å². The molecular formula is C14H19N3O3. The number of hydrogen-bond acceptors (Lipinski definition) is 4. The summed E-state index contributed by atoms with van der Waals surface area (Å²) in [6.07, 6.45) is 1.90. The van der Waals surface area contributed by atoms with Crippen LogP contribution in [0.15, 0.2) is 12.1 Å². The average molecular weight is 277 g/mol. The molecule has 1 fully saturated rings. The van der Waals surface area contributed by atoms with E-state index < -0.39 is 10.5 Å². The van der Waals surface area contributed by atoms with Crippen molar-refractivity contribution in [1.29, 1.82) is 0 Å². The van der Waals surface area contributed by atoms with Crippen molar-refractivity contribution >= 4 is 17.3 Å². The van der Waals surface area contributed by atoms with Crippen LogP contribution in [-0.2, 0) is 4.79 Å². The molecule has 108 valence electrons. The van der Waals surface area contributed by atoms with Crippen LogP contribution in [0.3, 0.4) is 0 Å². The second kappa shape index (κ2) is 4.86. The van der Waals surface area contributed by atoms with E-state index in [-0.39, 0.29) is 17.5 Å². The largest absolute Gasteiger partial charge is 0.324 e. The lowest BCUT2D eigenvalue weighted by Crippen LogP contribution is -2.50. The topological polar surface area (TPSA) is 98.3 Å². The number of rotatable bonds is 4. The molecule has 0 radical (unpaired) electrons. The number of nitrogens with two attached hydrogens (primary N) is 1. The van der Waals surface area contributed by atoms with Gasteiger partial charge in [-0.25, -0.2) is 0 Å². The summed E-state index contributed by atoms with van der Waals surface area (Å²) in [6, 6.07) is 3.09. The molecular weight excluding hydrogens is 258 g/mol. The van der Waals surface area contributed by atoms with E-state index in [1.807, 2.05) is 0 Å². The van der Waals surface area contributed by atoms with Crippen molar-refractivity contribution in [2.24, 2.45) is 11.7 Å². The Bertz CT molecular complexity index is 577. The van der Waals surface area contributed by atoms with Gasteiger partial charge >= 0.3 is 0 Å². The first-order valence-electron chi connectivity index (χ1n) is 6.59. The van der Waals surface area contributed by atoms with Crippen molar-refractivity contribution in [3.63, 3.8) is 0 Å². The van der Waals surface area contributed by atoms with E-state index in [0.29, 0.717) is 11.3 Å². The first-order chi connectivity index (χ1) is 9.23. The minimum absolute atomic E-state index is 0.00366. The lowest BCUT2D eigenvalue weighted by atomic mass is 9.96. The fraction of sp³-hybridized carbons (Fsp3) is 0.500. The molecule has 1 aliphatic rings. The maximum Gasteiger partial charge on any atom is 0.274 e. The Morgan fingerprint density at radius 3 is 2.50 bits per heavy atom. The third kappa shape index (κ3) is 2.65. The molecule has 0 bridgehead atoms. The van der Waals surface area contributed by atoms with E-state index >= 15 is 0 Å². The van der Waals surface area contributed by atoms with Gasteiger partial charge in [-0.2, -0.15) is 0 Å². The smallest absolute Gasteiger partial charge is 0.274 e. The molecule has 6 nitrogen and oxygen atoms in total. The Labute approximate surface area is 117 Å². The second-order valence-electron chi connectivity index (χ2n) is 5.72. The quantitative estimate of drug-likeness (QED) is 0.651. The number of nitrogens with zero attached hydrogens (tertiary/aromatic N) is 1. The molecule has 0 heterocycles. The molecule has 1 aliphatic carbocycles. The normalized spacial score (nSPS) is 17.4. The summed E-state index contributed by atoms with van der Waals surface area (Å²) in [5.74, 6) is -0.0931. The van der Waals surface area contributed by atoms with Crippen molar-refractivity contribution in [2.75, 3.05) is 5.32 Å². The summed E-state index contributed by atoms with van der Waals surface area (Å²) in [4.78, 5) is 22.7. The van der Waals surface area contributed by atoms with Crippen molar-refractivity contribution in [2.45, 2.75) is 39.2 Å². The Kier molecular flexibility index (Phi) is 3.52. The fourth-order valence-electron chi connectivity index (χ4n) is 2.30. The number of hydrogen-bond donors (Lipinski definition) is 2. The predicted octanol–water partition coefficient (Wildman–Crippen LogP) is 2.28. The molecule has 1 saturated carbocycles. The van der Waals surface area contributed by atoms with Gasteiger partial charge in [0.25, 0.3) is 5.69 Å². The number of nitro groups is 1. The van der Waals surface area contributed by atoms with Gasteiger partial charge in [-0.1, -0.05) is 0 Å². The zero-order chi connectivity index (χ0) is 15.1. The minimum Gasteiger partial charge on any atom is -0.324 e. The van der Waals surface area contributed by atoms with Crippen LogP contribution in [0.4, 0.5) is 11.4 Å². The van der Waals surface area contributed by atoms with Crippen LogP contribution in [-0.4, -0.2) is 16.4 Å². The van der Waals surface area contributed by atoms with Crippen LogP contribution < -0.4 is 11.1 Å². The number of amides is 1. The number of benzene rings is 1. The highest BCUT2D eigenvalue weighted by molar-refractivity contribution is 5.99. The molecule has 6 heteroatoms. The third-order valence-electron chi connectivity index (χ3n) is 3.90. The molecule has 1 unspecified atom stereocenters. The van der Waals surface area contributed by atoms with Gasteiger partial charge in [0.2, 0.25) is 5.91 Å². The van der Waals surface area contributed by atoms with E-state index in [1.54, 1.807) is 26.8 Å². The van der Waals surface area contributed by atoms with Gasteiger partial charge in [-0.05, 0) is 51.2 Å². The summed E-state index contributed by atoms with van der Waals surface area (Å²) >= 11 is 0. The average Bonchev–Trinajstić information content (AvgIpc) is 3.15. The van der Waals surface area contributed by atoms with Gasteiger partial charge in [-0.15, -0.1) is 0 Å². The van der Waals surface area contributed by atoms with Crippen molar-refractivity contribution < 1.29 is 9.72 Å². The molecule has 3 N–H and O–H groups in total. The molecule has 20 heavy (non-hydrogen) atoms. The summed E-state index contributed by atoms with van der Waals surface area (Å²) in [6.45, 7) is 5.18. The first-order valence-corrected chi connectivity index (χ1v) is 6.59. The van der Waals surface area contributed by atoms with Crippen LogP contribution in [0.5, 0.6) is 0 Å². The molecule has 1 atom stereocenters. The second-order valence-corrected chi connectivity index (χ2v) is 5.72. The SMILES string of the molecule is Cc1cc(C)c([N+](=O)[O-])cc1NC(=O)C(C)(N)C1CC1.